The second-order valence-electron chi connectivity index (χ2n) is 8.17. The van der Waals surface area contributed by atoms with Gasteiger partial charge in [0.2, 0.25) is 0 Å². The van der Waals surface area contributed by atoms with Gasteiger partial charge in [0, 0.05) is 49.8 Å². The van der Waals surface area contributed by atoms with Gasteiger partial charge in [0.05, 0.1) is 13.2 Å². The van der Waals surface area contributed by atoms with Crippen LogP contribution in [0, 0.1) is 6.92 Å². The number of aryl methyl sites for hydroxylation is 1. The zero-order valence-corrected chi connectivity index (χ0v) is 18.7. The first-order chi connectivity index (χ1) is 15.7. The summed E-state index contributed by atoms with van der Waals surface area (Å²) in [5.74, 6) is 0.826. The van der Waals surface area contributed by atoms with Crippen LogP contribution < -0.4 is 15.4 Å². The van der Waals surface area contributed by atoms with Crippen LogP contribution in [-0.4, -0.2) is 61.9 Å². The SMILES string of the molecule is Cc1ccc2c(CCNC(=O)NCc3cccc(OCCN4CCOCC4)c3)c[nH]c2c1. The van der Waals surface area contributed by atoms with Gasteiger partial charge in [0.1, 0.15) is 12.4 Å². The van der Waals surface area contributed by atoms with E-state index in [0.29, 0.717) is 19.7 Å². The lowest BCUT2D eigenvalue weighted by Gasteiger charge is -2.26. The van der Waals surface area contributed by atoms with Crippen LogP contribution in [0.4, 0.5) is 4.79 Å². The average Bonchev–Trinajstić information content (AvgIpc) is 3.20. The first-order valence-corrected chi connectivity index (χ1v) is 11.3. The van der Waals surface area contributed by atoms with Crippen molar-refractivity contribution in [2.45, 2.75) is 19.9 Å². The summed E-state index contributed by atoms with van der Waals surface area (Å²) in [7, 11) is 0. The van der Waals surface area contributed by atoms with Crippen LogP contribution in [0.5, 0.6) is 5.75 Å². The van der Waals surface area contributed by atoms with Crippen molar-refractivity contribution < 1.29 is 14.3 Å². The standard InChI is InChI=1S/C25H32N4O3/c1-19-5-6-23-21(18-27-24(23)15-19)7-8-26-25(30)28-17-20-3-2-4-22(16-20)32-14-11-29-9-12-31-13-10-29/h2-6,15-16,18,27H,7-14,17H2,1H3,(H2,26,28,30). The molecule has 1 aliphatic heterocycles. The van der Waals surface area contributed by atoms with Gasteiger partial charge in [0.25, 0.3) is 0 Å². The zero-order valence-electron chi connectivity index (χ0n) is 18.7. The van der Waals surface area contributed by atoms with E-state index in [1.165, 1.54) is 16.5 Å². The molecule has 170 valence electrons. The number of H-pyrrole nitrogens is 1. The minimum atomic E-state index is -0.167. The summed E-state index contributed by atoms with van der Waals surface area (Å²) in [6.07, 6.45) is 2.80. The Bertz CT molecular complexity index is 1030. The number of nitrogens with one attached hydrogen (secondary N) is 3. The van der Waals surface area contributed by atoms with E-state index in [1.807, 2.05) is 30.5 Å². The lowest BCUT2D eigenvalue weighted by molar-refractivity contribution is 0.0322. The summed E-state index contributed by atoms with van der Waals surface area (Å²) < 4.78 is 11.3. The normalized spacial score (nSPS) is 14.4. The Morgan fingerprint density at radius 1 is 1.16 bits per heavy atom. The zero-order chi connectivity index (χ0) is 22.2. The van der Waals surface area contributed by atoms with Gasteiger partial charge in [-0.2, -0.15) is 0 Å². The maximum atomic E-state index is 12.2. The minimum Gasteiger partial charge on any atom is -0.492 e. The highest BCUT2D eigenvalue weighted by molar-refractivity contribution is 5.83. The third-order valence-electron chi connectivity index (χ3n) is 5.73. The number of nitrogens with zero attached hydrogens (tertiary/aromatic N) is 1. The number of aromatic amines is 1. The molecule has 2 aromatic carbocycles. The minimum absolute atomic E-state index is 0.167. The van der Waals surface area contributed by atoms with E-state index in [9.17, 15) is 4.79 Å². The van der Waals surface area contributed by atoms with Crippen LogP contribution in [-0.2, 0) is 17.7 Å². The largest absolute Gasteiger partial charge is 0.492 e. The molecule has 7 heteroatoms. The lowest BCUT2D eigenvalue weighted by atomic mass is 10.1. The highest BCUT2D eigenvalue weighted by Crippen LogP contribution is 2.19. The number of morpholine rings is 1. The van der Waals surface area contributed by atoms with Crippen LogP contribution in [0.3, 0.4) is 0 Å². The number of ether oxygens (including phenoxy) is 2. The van der Waals surface area contributed by atoms with Crippen molar-refractivity contribution in [1.82, 2.24) is 20.5 Å². The lowest BCUT2D eigenvalue weighted by Crippen LogP contribution is -2.38. The van der Waals surface area contributed by atoms with Gasteiger partial charge >= 0.3 is 6.03 Å². The van der Waals surface area contributed by atoms with Crippen molar-refractivity contribution in [3.63, 3.8) is 0 Å². The number of rotatable bonds is 9. The van der Waals surface area contributed by atoms with Crippen LogP contribution >= 0.6 is 0 Å². The molecule has 3 aromatic rings. The van der Waals surface area contributed by atoms with Crippen molar-refractivity contribution >= 4 is 16.9 Å². The molecule has 0 radical (unpaired) electrons. The van der Waals surface area contributed by atoms with Gasteiger partial charge in [0.15, 0.2) is 0 Å². The second kappa shape index (κ2) is 11.0. The molecule has 0 saturated carbocycles. The molecule has 2 amide bonds. The van der Waals surface area contributed by atoms with Crippen molar-refractivity contribution in [3.8, 4) is 5.75 Å². The van der Waals surface area contributed by atoms with E-state index in [1.54, 1.807) is 0 Å². The summed E-state index contributed by atoms with van der Waals surface area (Å²) >= 11 is 0. The summed E-state index contributed by atoms with van der Waals surface area (Å²) in [6, 6.07) is 14.1. The topological polar surface area (TPSA) is 78.6 Å². The summed E-state index contributed by atoms with van der Waals surface area (Å²) in [5.41, 5.74) is 4.59. The molecule has 7 nitrogen and oxygen atoms in total. The molecule has 0 spiro atoms. The molecule has 4 rings (SSSR count). The molecule has 3 N–H and O–H groups in total. The summed E-state index contributed by atoms with van der Waals surface area (Å²) in [4.78, 5) is 17.9. The first kappa shape index (κ1) is 22.2. The van der Waals surface area contributed by atoms with Gasteiger partial charge < -0.3 is 25.1 Å². The summed E-state index contributed by atoms with van der Waals surface area (Å²) in [6.45, 7) is 8.17. The number of hydrogen-bond acceptors (Lipinski definition) is 4. The van der Waals surface area contributed by atoms with E-state index >= 15 is 0 Å². The van der Waals surface area contributed by atoms with Gasteiger partial charge in [-0.15, -0.1) is 0 Å². The monoisotopic (exact) mass is 436 g/mol. The number of fused-ring (bicyclic) bond motifs is 1. The first-order valence-electron chi connectivity index (χ1n) is 11.3. The molecule has 1 aromatic heterocycles. The van der Waals surface area contributed by atoms with Gasteiger partial charge in [-0.1, -0.05) is 24.3 Å². The second-order valence-corrected chi connectivity index (χ2v) is 8.17. The van der Waals surface area contributed by atoms with Crippen molar-refractivity contribution in [1.29, 1.82) is 0 Å². The van der Waals surface area contributed by atoms with Crippen molar-refractivity contribution in [3.05, 3.63) is 65.4 Å². The number of carbonyl (C=O) groups excluding carboxylic acids is 1. The number of hydrogen-bond donors (Lipinski definition) is 3. The summed E-state index contributed by atoms with van der Waals surface area (Å²) in [5, 5.41) is 7.08. The molecule has 0 atom stereocenters. The van der Waals surface area contributed by atoms with E-state index in [2.05, 4.69) is 45.6 Å². The van der Waals surface area contributed by atoms with Crippen LogP contribution in [0.2, 0.25) is 0 Å². The predicted molar refractivity (Wildman–Crippen MR) is 126 cm³/mol. The predicted octanol–water partition coefficient (Wildman–Crippen LogP) is 3.23. The third-order valence-corrected chi connectivity index (χ3v) is 5.73. The fourth-order valence-corrected chi connectivity index (χ4v) is 3.93. The molecule has 0 unspecified atom stereocenters. The van der Waals surface area contributed by atoms with Gasteiger partial charge in [-0.05, 0) is 48.2 Å². The fraction of sp³-hybridized carbons (Fsp3) is 0.400. The molecule has 0 aliphatic carbocycles. The third kappa shape index (κ3) is 6.24. The number of benzene rings is 2. The number of carbonyl (C=O) groups is 1. The van der Waals surface area contributed by atoms with Crippen molar-refractivity contribution in [2.24, 2.45) is 0 Å². The van der Waals surface area contributed by atoms with E-state index < -0.39 is 0 Å². The van der Waals surface area contributed by atoms with E-state index in [0.717, 1.165) is 56.1 Å². The Morgan fingerprint density at radius 3 is 2.91 bits per heavy atom. The molecular formula is C25H32N4O3. The molecule has 2 heterocycles. The van der Waals surface area contributed by atoms with Crippen LogP contribution in [0.15, 0.2) is 48.7 Å². The molecule has 1 saturated heterocycles. The smallest absolute Gasteiger partial charge is 0.315 e. The Hall–Kier alpha value is -3.03. The Kier molecular flexibility index (Phi) is 7.64. The highest BCUT2D eigenvalue weighted by Gasteiger charge is 2.10. The number of urea groups is 1. The molecule has 1 fully saturated rings. The van der Waals surface area contributed by atoms with Crippen molar-refractivity contribution in [2.75, 3.05) is 46.0 Å². The number of aromatic nitrogens is 1. The van der Waals surface area contributed by atoms with Gasteiger partial charge in [-0.3, -0.25) is 4.90 Å². The highest BCUT2D eigenvalue weighted by atomic mass is 16.5. The van der Waals surface area contributed by atoms with E-state index in [-0.39, 0.29) is 6.03 Å². The number of amides is 2. The van der Waals surface area contributed by atoms with Crippen LogP contribution in [0.25, 0.3) is 10.9 Å². The molecule has 0 bridgehead atoms. The fourth-order valence-electron chi connectivity index (χ4n) is 3.93. The van der Waals surface area contributed by atoms with Crippen LogP contribution in [0.1, 0.15) is 16.7 Å². The maximum absolute atomic E-state index is 12.2. The van der Waals surface area contributed by atoms with E-state index in [4.69, 9.17) is 9.47 Å². The maximum Gasteiger partial charge on any atom is 0.315 e. The molecular weight excluding hydrogens is 404 g/mol. The molecule has 1 aliphatic rings. The quantitative estimate of drug-likeness (QED) is 0.481. The van der Waals surface area contributed by atoms with Gasteiger partial charge in [-0.25, -0.2) is 4.79 Å². The molecule has 32 heavy (non-hydrogen) atoms. The Morgan fingerprint density at radius 2 is 2.03 bits per heavy atom. The Labute approximate surface area is 189 Å². The average molecular weight is 437 g/mol. The Balaban J connectivity index is 1.17.